The molecule has 0 aromatic heterocycles. The SMILES string of the molecule is C=C(CC)CN1CCc2cc(C(=O)O)ccc21. The smallest absolute Gasteiger partial charge is 0.335 e. The van der Waals surface area contributed by atoms with Gasteiger partial charge in [-0.25, -0.2) is 4.79 Å². The number of nitrogens with zero attached hydrogens (tertiary/aromatic N) is 1. The number of fused-ring (bicyclic) bond motifs is 1. The predicted octanol–water partition coefficient (Wildman–Crippen LogP) is 2.71. The lowest BCUT2D eigenvalue weighted by Crippen LogP contribution is -2.22. The number of anilines is 1. The third kappa shape index (κ3) is 2.33. The van der Waals surface area contributed by atoms with Crippen LogP contribution in [0.1, 0.15) is 29.3 Å². The average Bonchev–Trinajstić information content (AvgIpc) is 2.71. The number of rotatable bonds is 4. The molecule has 0 aliphatic carbocycles. The normalized spacial score (nSPS) is 13.6. The maximum atomic E-state index is 10.9. The summed E-state index contributed by atoms with van der Waals surface area (Å²) in [5, 5.41) is 8.94. The van der Waals surface area contributed by atoms with E-state index in [0.717, 1.165) is 37.2 Å². The molecule has 1 N–H and O–H groups in total. The van der Waals surface area contributed by atoms with Crippen molar-refractivity contribution in [1.29, 1.82) is 0 Å². The van der Waals surface area contributed by atoms with E-state index in [1.807, 2.05) is 6.07 Å². The molecule has 1 aliphatic heterocycles. The number of hydrogen-bond acceptors (Lipinski definition) is 2. The summed E-state index contributed by atoms with van der Waals surface area (Å²) in [7, 11) is 0. The average molecular weight is 231 g/mol. The molecule has 3 heteroatoms. The van der Waals surface area contributed by atoms with Gasteiger partial charge in [0.15, 0.2) is 0 Å². The molecule has 90 valence electrons. The first-order valence-corrected chi connectivity index (χ1v) is 5.89. The van der Waals surface area contributed by atoms with E-state index in [0.29, 0.717) is 5.56 Å². The van der Waals surface area contributed by atoms with Crippen molar-refractivity contribution in [3.63, 3.8) is 0 Å². The second-order valence-corrected chi connectivity index (χ2v) is 4.42. The quantitative estimate of drug-likeness (QED) is 0.810. The van der Waals surface area contributed by atoms with Gasteiger partial charge in [-0.2, -0.15) is 0 Å². The zero-order chi connectivity index (χ0) is 12.4. The summed E-state index contributed by atoms with van der Waals surface area (Å²) >= 11 is 0. The van der Waals surface area contributed by atoms with E-state index in [1.165, 1.54) is 5.57 Å². The maximum absolute atomic E-state index is 10.9. The van der Waals surface area contributed by atoms with Gasteiger partial charge in [-0.05, 0) is 36.6 Å². The first-order chi connectivity index (χ1) is 8.11. The van der Waals surface area contributed by atoms with Gasteiger partial charge in [0.05, 0.1) is 5.56 Å². The van der Waals surface area contributed by atoms with E-state index in [-0.39, 0.29) is 0 Å². The van der Waals surface area contributed by atoms with Crippen molar-refractivity contribution in [2.75, 3.05) is 18.0 Å². The highest BCUT2D eigenvalue weighted by Gasteiger charge is 2.20. The zero-order valence-electron chi connectivity index (χ0n) is 10.1. The van der Waals surface area contributed by atoms with Crippen LogP contribution < -0.4 is 4.90 Å². The van der Waals surface area contributed by atoms with Gasteiger partial charge in [0.25, 0.3) is 0 Å². The fourth-order valence-corrected chi connectivity index (χ4v) is 2.15. The van der Waals surface area contributed by atoms with E-state index >= 15 is 0 Å². The number of hydrogen-bond donors (Lipinski definition) is 1. The monoisotopic (exact) mass is 231 g/mol. The van der Waals surface area contributed by atoms with E-state index in [2.05, 4.69) is 18.4 Å². The highest BCUT2D eigenvalue weighted by Crippen LogP contribution is 2.29. The third-order valence-corrected chi connectivity index (χ3v) is 3.23. The molecule has 0 atom stereocenters. The van der Waals surface area contributed by atoms with Crippen molar-refractivity contribution in [3.8, 4) is 0 Å². The highest BCUT2D eigenvalue weighted by atomic mass is 16.4. The van der Waals surface area contributed by atoms with E-state index < -0.39 is 5.97 Å². The van der Waals surface area contributed by atoms with Crippen molar-refractivity contribution in [1.82, 2.24) is 0 Å². The Balaban J connectivity index is 2.21. The molecule has 0 saturated carbocycles. The lowest BCUT2D eigenvalue weighted by atomic mass is 10.1. The molecule has 17 heavy (non-hydrogen) atoms. The van der Waals surface area contributed by atoms with Crippen molar-refractivity contribution in [2.24, 2.45) is 0 Å². The van der Waals surface area contributed by atoms with Crippen LogP contribution in [0.25, 0.3) is 0 Å². The first-order valence-electron chi connectivity index (χ1n) is 5.89. The van der Waals surface area contributed by atoms with Gasteiger partial charge < -0.3 is 10.0 Å². The van der Waals surface area contributed by atoms with Gasteiger partial charge in [-0.1, -0.05) is 19.1 Å². The number of carboxylic acid groups (broad SMARTS) is 1. The fraction of sp³-hybridized carbons (Fsp3) is 0.357. The molecule has 1 aromatic rings. The molecule has 1 aliphatic rings. The van der Waals surface area contributed by atoms with Crippen LogP contribution in [0.4, 0.5) is 5.69 Å². The van der Waals surface area contributed by atoms with Gasteiger partial charge >= 0.3 is 5.97 Å². The van der Waals surface area contributed by atoms with Crippen LogP contribution in [0.15, 0.2) is 30.4 Å². The lowest BCUT2D eigenvalue weighted by molar-refractivity contribution is 0.0697. The van der Waals surface area contributed by atoms with Crippen LogP contribution in [-0.2, 0) is 6.42 Å². The summed E-state index contributed by atoms with van der Waals surface area (Å²) in [6.45, 7) is 7.95. The topological polar surface area (TPSA) is 40.5 Å². The Morgan fingerprint density at radius 3 is 2.94 bits per heavy atom. The van der Waals surface area contributed by atoms with Crippen molar-refractivity contribution in [3.05, 3.63) is 41.5 Å². The minimum absolute atomic E-state index is 0.375. The van der Waals surface area contributed by atoms with Gasteiger partial charge in [0, 0.05) is 18.8 Å². The van der Waals surface area contributed by atoms with Crippen LogP contribution >= 0.6 is 0 Å². The van der Waals surface area contributed by atoms with E-state index in [1.54, 1.807) is 12.1 Å². The number of carboxylic acids is 1. The van der Waals surface area contributed by atoms with E-state index in [4.69, 9.17) is 5.11 Å². The van der Waals surface area contributed by atoms with Crippen LogP contribution in [-0.4, -0.2) is 24.2 Å². The number of aromatic carboxylic acids is 1. The molecule has 0 fully saturated rings. The van der Waals surface area contributed by atoms with Crippen molar-refractivity contribution >= 4 is 11.7 Å². The summed E-state index contributed by atoms with van der Waals surface area (Å²) in [5.74, 6) is -0.857. The Labute approximate surface area is 101 Å². The van der Waals surface area contributed by atoms with Gasteiger partial charge in [0.2, 0.25) is 0 Å². The molecular formula is C14H17NO2. The fourth-order valence-electron chi connectivity index (χ4n) is 2.15. The molecule has 1 aromatic carbocycles. The van der Waals surface area contributed by atoms with Gasteiger partial charge in [-0.3, -0.25) is 0 Å². The molecule has 2 rings (SSSR count). The molecule has 0 unspecified atom stereocenters. The van der Waals surface area contributed by atoms with Gasteiger partial charge in [0.1, 0.15) is 0 Å². The molecule has 0 bridgehead atoms. The largest absolute Gasteiger partial charge is 0.478 e. The molecule has 0 spiro atoms. The highest BCUT2D eigenvalue weighted by molar-refractivity contribution is 5.88. The first kappa shape index (κ1) is 11.7. The van der Waals surface area contributed by atoms with Gasteiger partial charge in [-0.15, -0.1) is 0 Å². The second kappa shape index (κ2) is 4.62. The maximum Gasteiger partial charge on any atom is 0.335 e. The molecule has 0 radical (unpaired) electrons. The predicted molar refractivity (Wildman–Crippen MR) is 68.7 cm³/mol. The lowest BCUT2D eigenvalue weighted by Gasteiger charge is -2.20. The van der Waals surface area contributed by atoms with Crippen molar-refractivity contribution < 1.29 is 9.90 Å². The Bertz CT molecular complexity index is 465. The molecule has 0 amide bonds. The summed E-state index contributed by atoms with van der Waals surface area (Å²) in [5.41, 5.74) is 3.87. The summed E-state index contributed by atoms with van der Waals surface area (Å²) in [6, 6.07) is 5.37. The summed E-state index contributed by atoms with van der Waals surface area (Å²) in [6.07, 6.45) is 1.91. The summed E-state index contributed by atoms with van der Waals surface area (Å²) < 4.78 is 0. The number of benzene rings is 1. The molecular weight excluding hydrogens is 214 g/mol. The Hall–Kier alpha value is -1.77. The molecule has 1 heterocycles. The van der Waals surface area contributed by atoms with Crippen LogP contribution in [0.5, 0.6) is 0 Å². The standard InChI is InChI=1S/C14H17NO2/c1-3-10(2)9-15-7-6-11-8-12(14(16)17)4-5-13(11)15/h4-5,8H,2-3,6-7,9H2,1H3,(H,16,17). The number of carbonyl (C=O) groups is 1. The Morgan fingerprint density at radius 2 is 2.29 bits per heavy atom. The second-order valence-electron chi connectivity index (χ2n) is 4.42. The van der Waals surface area contributed by atoms with E-state index in [9.17, 15) is 4.79 Å². The minimum atomic E-state index is -0.857. The molecule has 3 nitrogen and oxygen atoms in total. The Kier molecular flexibility index (Phi) is 3.18. The van der Waals surface area contributed by atoms with Crippen LogP contribution in [0.3, 0.4) is 0 Å². The van der Waals surface area contributed by atoms with Crippen LogP contribution in [0.2, 0.25) is 0 Å². The summed E-state index contributed by atoms with van der Waals surface area (Å²) in [4.78, 5) is 13.1. The Morgan fingerprint density at radius 1 is 1.53 bits per heavy atom. The van der Waals surface area contributed by atoms with Crippen LogP contribution in [0, 0.1) is 0 Å². The minimum Gasteiger partial charge on any atom is -0.478 e. The zero-order valence-corrected chi connectivity index (χ0v) is 10.1. The third-order valence-electron chi connectivity index (χ3n) is 3.23. The molecule has 0 saturated heterocycles. The van der Waals surface area contributed by atoms with Crippen molar-refractivity contribution in [2.45, 2.75) is 19.8 Å².